The SMILES string of the molecule is Cc1c(C2C(C)c3ccccc3N2/C=N/C2CCCCC2)[nH]c2ccccc12. The van der Waals surface area contributed by atoms with Crippen LogP contribution in [0.1, 0.15) is 67.8 Å². The molecule has 1 aliphatic heterocycles. The lowest BCUT2D eigenvalue weighted by atomic mass is 9.93. The van der Waals surface area contributed by atoms with Crippen LogP contribution < -0.4 is 4.90 Å². The molecule has 0 radical (unpaired) electrons. The fourth-order valence-corrected chi connectivity index (χ4v) is 5.19. The first-order valence-corrected chi connectivity index (χ1v) is 10.7. The number of aromatic amines is 1. The zero-order valence-corrected chi connectivity index (χ0v) is 16.9. The molecule has 1 aliphatic carbocycles. The maximum atomic E-state index is 5.04. The van der Waals surface area contributed by atoms with E-state index in [1.807, 2.05) is 0 Å². The average molecular weight is 372 g/mol. The van der Waals surface area contributed by atoms with E-state index in [-0.39, 0.29) is 6.04 Å². The molecule has 0 amide bonds. The molecule has 2 atom stereocenters. The van der Waals surface area contributed by atoms with Crippen molar-refractivity contribution < 1.29 is 0 Å². The lowest BCUT2D eigenvalue weighted by Crippen LogP contribution is -2.27. The summed E-state index contributed by atoms with van der Waals surface area (Å²) < 4.78 is 0. The first-order valence-electron chi connectivity index (χ1n) is 10.7. The third kappa shape index (κ3) is 2.85. The minimum atomic E-state index is 0.261. The molecule has 144 valence electrons. The number of aromatic nitrogens is 1. The number of fused-ring (bicyclic) bond motifs is 2. The van der Waals surface area contributed by atoms with Gasteiger partial charge in [0.05, 0.1) is 18.4 Å². The quantitative estimate of drug-likeness (QED) is 0.413. The third-order valence-corrected chi connectivity index (χ3v) is 6.76. The van der Waals surface area contributed by atoms with Gasteiger partial charge in [0.15, 0.2) is 0 Å². The minimum Gasteiger partial charge on any atom is -0.356 e. The fourth-order valence-electron chi connectivity index (χ4n) is 5.19. The molecular formula is C25H29N3. The number of hydrogen-bond donors (Lipinski definition) is 1. The molecule has 1 fully saturated rings. The van der Waals surface area contributed by atoms with Gasteiger partial charge >= 0.3 is 0 Å². The molecule has 5 rings (SSSR count). The van der Waals surface area contributed by atoms with Crippen molar-refractivity contribution in [1.29, 1.82) is 0 Å². The number of nitrogens with one attached hydrogen (secondary N) is 1. The molecule has 28 heavy (non-hydrogen) atoms. The molecule has 2 unspecified atom stereocenters. The molecular weight excluding hydrogens is 342 g/mol. The highest BCUT2D eigenvalue weighted by Crippen LogP contribution is 2.49. The molecule has 0 bridgehead atoms. The predicted molar refractivity (Wildman–Crippen MR) is 118 cm³/mol. The Labute approximate surface area is 167 Å². The summed E-state index contributed by atoms with van der Waals surface area (Å²) in [5.74, 6) is 0.417. The van der Waals surface area contributed by atoms with Gasteiger partial charge in [0.1, 0.15) is 0 Å². The highest BCUT2D eigenvalue weighted by atomic mass is 15.2. The second-order valence-electron chi connectivity index (χ2n) is 8.47. The van der Waals surface area contributed by atoms with Crippen LogP contribution in [0, 0.1) is 6.92 Å². The molecule has 3 nitrogen and oxygen atoms in total. The molecule has 0 spiro atoms. The van der Waals surface area contributed by atoms with Gasteiger partial charge in [-0.2, -0.15) is 0 Å². The van der Waals surface area contributed by atoms with Crippen molar-refractivity contribution in [3.8, 4) is 0 Å². The highest BCUT2D eigenvalue weighted by Gasteiger charge is 2.38. The summed E-state index contributed by atoms with van der Waals surface area (Å²) in [5, 5.41) is 1.32. The molecule has 3 aromatic rings. The van der Waals surface area contributed by atoms with Gasteiger partial charge in [-0.3, -0.25) is 4.99 Å². The molecule has 2 heterocycles. The van der Waals surface area contributed by atoms with Crippen LogP contribution in [0.2, 0.25) is 0 Å². The third-order valence-electron chi connectivity index (χ3n) is 6.76. The van der Waals surface area contributed by atoms with Gasteiger partial charge in [0.25, 0.3) is 0 Å². The van der Waals surface area contributed by atoms with Crippen LogP contribution in [0.5, 0.6) is 0 Å². The summed E-state index contributed by atoms with van der Waals surface area (Å²) in [7, 11) is 0. The van der Waals surface area contributed by atoms with Crippen LogP contribution in [0.3, 0.4) is 0 Å². The molecule has 2 aromatic carbocycles. The number of hydrogen-bond acceptors (Lipinski definition) is 1. The second-order valence-corrected chi connectivity index (χ2v) is 8.47. The standard InChI is InChI=1S/C25H29N3/c1-17-20-12-6-8-14-22(20)27-24(17)25-18(2)21-13-7-9-15-23(21)28(25)16-26-19-10-4-3-5-11-19/h6-9,12-16,18-19,25,27H,3-5,10-11H2,1-2H3/b26-16+. The smallest absolute Gasteiger partial charge is 0.0904 e. The van der Waals surface area contributed by atoms with E-state index in [9.17, 15) is 0 Å². The maximum Gasteiger partial charge on any atom is 0.0904 e. The van der Waals surface area contributed by atoms with Crippen molar-refractivity contribution >= 4 is 22.9 Å². The number of para-hydroxylation sites is 2. The van der Waals surface area contributed by atoms with E-state index in [0.29, 0.717) is 12.0 Å². The highest BCUT2D eigenvalue weighted by molar-refractivity contribution is 5.88. The van der Waals surface area contributed by atoms with E-state index in [1.54, 1.807) is 0 Å². The van der Waals surface area contributed by atoms with Crippen molar-refractivity contribution in [3.63, 3.8) is 0 Å². The Balaban J connectivity index is 1.58. The fraction of sp³-hybridized carbons (Fsp3) is 0.400. The number of aliphatic imine (C=N–C) groups is 1. The van der Waals surface area contributed by atoms with Gasteiger partial charge in [-0.15, -0.1) is 0 Å². The van der Waals surface area contributed by atoms with Crippen LogP contribution in [0.4, 0.5) is 5.69 Å². The molecule has 1 N–H and O–H groups in total. The number of rotatable bonds is 3. The Morgan fingerprint density at radius 2 is 1.75 bits per heavy atom. The summed E-state index contributed by atoms with van der Waals surface area (Å²) in [4.78, 5) is 11.2. The average Bonchev–Trinajstić information content (AvgIpc) is 3.22. The summed E-state index contributed by atoms with van der Waals surface area (Å²) in [6.07, 6.45) is 8.62. The monoisotopic (exact) mass is 371 g/mol. The first-order chi connectivity index (χ1) is 13.7. The molecule has 1 aromatic heterocycles. The number of aryl methyl sites for hydroxylation is 1. The van der Waals surface area contributed by atoms with Crippen molar-refractivity contribution in [2.45, 2.75) is 64.0 Å². The minimum absolute atomic E-state index is 0.261. The maximum absolute atomic E-state index is 5.04. The van der Waals surface area contributed by atoms with E-state index in [4.69, 9.17) is 4.99 Å². The van der Waals surface area contributed by atoms with Crippen LogP contribution in [-0.2, 0) is 0 Å². The van der Waals surface area contributed by atoms with Gasteiger partial charge in [-0.05, 0) is 43.0 Å². The normalized spacial score (nSPS) is 23.0. The predicted octanol–water partition coefficient (Wildman–Crippen LogP) is 6.50. The number of anilines is 1. The Kier molecular flexibility index (Phi) is 4.46. The van der Waals surface area contributed by atoms with Gasteiger partial charge in [-0.1, -0.05) is 62.6 Å². The molecule has 3 heteroatoms. The Bertz CT molecular complexity index is 1010. The Hall–Kier alpha value is -2.55. The molecule has 2 aliphatic rings. The van der Waals surface area contributed by atoms with E-state index in [2.05, 4.69) is 78.6 Å². The van der Waals surface area contributed by atoms with E-state index in [0.717, 1.165) is 0 Å². The number of benzene rings is 2. The van der Waals surface area contributed by atoms with Gasteiger partial charge in [0, 0.05) is 28.2 Å². The van der Waals surface area contributed by atoms with E-state index >= 15 is 0 Å². The summed E-state index contributed by atoms with van der Waals surface area (Å²) >= 11 is 0. The van der Waals surface area contributed by atoms with E-state index in [1.165, 1.54) is 65.5 Å². The van der Waals surface area contributed by atoms with Gasteiger partial charge in [0.2, 0.25) is 0 Å². The summed E-state index contributed by atoms with van der Waals surface area (Å²) in [5.41, 5.74) is 6.62. The number of nitrogens with zero attached hydrogens (tertiary/aromatic N) is 2. The summed E-state index contributed by atoms with van der Waals surface area (Å²) in [6.45, 7) is 4.60. The van der Waals surface area contributed by atoms with Crippen molar-refractivity contribution in [2.75, 3.05) is 4.90 Å². The first kappa shape index (κ1) is 17.5. The Morgan fingerprint density at radius 1 is 1.00 bits per heavy atom. The summed E-state index contributed by atoms with van der Waals surface area (Å²) in [6, 6.07) is 18.2. The van der Waals surface area contributed by atoms with Crippen LogP contribution >= 0.6 is 0 Å². The van der Waals surface area contributed by atoms with Crippen LogP contribution in [-0.4, -0.2) is 17.4 Å². The molecule has 0 saturated heterocycles. The topological polar surface area (TPSA) is 31.4 Å². The van der Waals surface area contributed by atoms with E-state index < -0.39 is 0 Å². The van der Waals surface area contributed by atoms with Crippen molar-refractivity contribution in [1.82, 2.24) is 4.98 Å². The van der Waals surface area contributed by atoms with Gasteiger partial charge in [-0.25, -0.2) is 0 Å². The van der Waals surface area contributed by atoms with Crippen molar-refractivity contribution in [2.24, 2.45) is 4.99 Å². The van der Waals surface area contributed by atoms with Crippen molar-refractivity contribution in [3.05, 3.63) is 65.4 Å². The number of H-pyrrole nitrogens is 1. The lowest BCUT2D eigenvalue weighted by molar-refractivity contribution is 0.443. The lowest BCUT2D eigenvalue weighted by Gasteiger charge is -2.27. The Morgan fingerprint density at radius 3 is 2.57 bits per heavy atom. The largest absolute Gasteiger partial charge is 0.356 e. The molecule has 1 saturated carbocycles. The second kappa shape index (κ2) is 7.12. The zero-order chi connectivity index (χ0) is 19.1. The van der Waals surface area contributed by atoms with Crippen LogP contribution in [0.15, 0.2) is 53.5 Å². The van der Waals surface area contributed by atoms with Gasteiger partial charge < -0.3 is 9.88 Å². The van der Waals surface area contributed by atoms with Crippen LogP contribution in [0.25, 0.3) is 10.9 Å². The zero-order valence-electron chi connectivity index (χ0n) is 16.9.